The summed E-state index contributed by atoms with van der Waals surface area (Å²) in [5, 5.41) is 0. The molecule has 0 atom stereocenters. The van der Waals surface area contributed by atoms with Gasteiger partial charge in [-0.15, -0.1) is 0 Å². The first kappa shape index (κ1) is 21.4. The van der Waals surface area contributed by atoms with Gasteiger partial charge in [0.2, 0.25) is 15.9 Å². The van der Waals surface area contributed by atoms with Crippen molar-refractivity contribution in [1.29, 1.82) is 0 Å². The van der Waals surface area contributed by atoms with Crippen LogP contribution in [0.25, 0.3) is 6.08 Å². The Bertz CT molecular complexity index is 1120. The van der Waals surface area contributed by atoms with Gasteiger partial charge in [0.15, 0.2) is 0 Å². The topological polar surface area (TPSA) is 60.9 Å². The summed E-state index contributed by atoms with van der Waals surface area (Å²) < 4.78 is 28.1. The predicted octanol–water partition coefficient (Wildman–Crippen LogP) is 3.01. The molecule has 0 bridgehead atoms. The Morgan fingerprint density at radius 1 is 0.969 bits per heavy atom. The molecule has 1 amide bonds. The maximum absolute atomic E-state index is 13.2. The van der Waals surface area contributed by atoms with Crippen molar-refractivity contribution in [3.8, 4) is 0 Å². The molecule has 2 aromatic rings. The molecule has 3 aliphatic rings. The highest BCUT2D eigenvalue weighted by molar-refractivity contribution is 7.89. The number of anilines is 1. The lowest BCUT2D eigenvalue weighted by Crippen LogP contribution is -2.48. The molecule has 1 saturated heterocycles. The van der Waals surface area contributed by atoms with E-state index >= 15 is 0 Å². The minimum atomic E-state index is -3.53. The van der Waals surface area contributed by atoms with Crippen LogP contribution < -0.4 is 4.90 Å². The van der Waals surface area contributed by atoms with Gasteiger partial charge in [-0.1, -0.05) is 42.5 Å². The number of sulfonamides is 1. The molecule has 1 saturated carbocycles. The van der Waals surface area contributed by atoms with Crippen molar-refractivity contribution in [3.05, 3.63) is 65.7 Å². The number of benzene rings is 2. The van der Waals surface area contributed by atoms with Gasteiger partial charge < -0.3 is 4.90 Å². The Labute approximate surface area is 190 Å². The van der Waals surface area contributed by atoms with Gasteiger partial charge in [-0.25, -0.2) is 8.42 Å². The van der Waals surface area contributed by atoms with Gasteiger partial charge in [0, 0.05) is 50.9 Å². The second-order valence-electron chi connectivity index (χ2n) is 8.82. The molecule has 0 N–H and O–H groups in total. The summed E-state index contributed by atoms with van der Waals surface area (Å²) in [6.07, 6.45) is 6.91. The molecular formula is C25H29N3O3S. The van der Waals surface area contributed by atoms with E-state index in [4.69, 9.17) is 0 Å². The molecule has 0 spiro atoms. The molecule has 0 radical (unpaired) electrons. The van der Waals surface area contributed by atoms with E-state index in [1.165, 1.54) is 5.56 Å². The van der Waals surface area contributed by atoms with Gasteiger partial charge in [0.25, 0.3) is 0 Å². The van der Waals surface area contributed by atoms with Gasteiger partial charge in [0.1, 0.15) is 0 Å². The normalized spacial score (nSPS) is 20.1. The summed E-state index contributed by atoms with van der Waals surface area (Å²) in [4.78, 5) is 16.9. The van der Waals surface area contributed by atoms with E-state index in [1.807, 2.05) is 29.2 Å². The van der Waals surface area contributed by atoms with Crippen molar-refractivity contribution in [2.75, 3.05) is 44.2 Å². The van der Waals surface area contributed by atoms with E-state index in [-0.39, 0.29) is 11.8 Å². The lowest BCUT2D eigenvalue weighted by atomic mass is 10.2. The van der Waals surface area contributed by atoms with Crippen LogP contribution in [-0.2, 0) is 21.2 Å². The Hall–Kier alpha value is -2.48. The highest BCUT2D eigenvalue weighted by atomic mass is 32.2. The third-order valence-corrected chi connectivity index (χ3v) is 8.48. The Morgan fingerprint density at radius 3 is 2.44 bits per heavy atom. The minimum absolute atomic E-state index is 0.170. The van der Waals surface area contributed by atoms with Gasteiger partial charge >= 0.3 is 0 Å². The van der Waals surface area contributed by atoms with E-state index in [1.54, 1.807) is 16.4 Å². The minimum Gasteiger partial charge on any atom is -0.312 e. The standard InChI is InChI=1S/C25H29N3O3S/c29-25(21-8-9-21)28-14-12-22-19-23(10-11-24(22)28)32(30,31)27-17-15-26(16-18-27)13-4-7-20-5-2-1-3-6-20/h1-7,10-11,19,21H,8-9,12-18H2/b7-4+. The van der Waals surface area contributed by atoms with Crippen LogP contribution in [0.1, 0.15) is 24.0 Å². The van der Waals surface area contributed by atoms with Crippen molar-refractivity contribution in [2.24, 2.45) is 5.92 Å². The highest BCUT2D eigenvalue weighted by Crippen LogP contribution is 2.37. The fourth-order valence-corrected chi connectivity index (χ4v) is 6.00. The molecular weight excluding hydrogens is 422 g/mol. The molecule has 168 valence electrons. The SMILES string of the molecule is O=C(C1CC1)N1CCc2cc(S(=O)(=O)N3CCN(C/C=C/c4ccccc4)CC3)ccc21. The molecule has 0 unspecified atom stereocenters. The zero-order valence-corrected chi connectivity index (χ0v) is 19.0. The van der Waals surface area contributed by atoms with Crippen LogP contribution in [0, 0.1) is 5.92 Å². The van der Waals surface area contributed by atoms with E-state index in [9.17, 15) is 13.2 Å². The second kappa shape index (κ2) is 8.81. The maximum Gasteiger partial charge on any atom is 0.243 e. The van der Waals surface area contributed by atoms with Gasteiger partial charge in [0.05, 0.1) is 4.90 Å². The van der Waals surface area contributed by atoms with Crippen LogP contribution >= 0.6 is 0 Å². The quantitative estimate of drug-likeness (QED) is 0.678. The number of hydrogen-bond acceptors (Lipinski definition) is 4. The number of nitrogens with zero attached hydrogens (tertiary/aromatic N) is 3. The fourth-order valence-electron chi connectivity index (χ4n) is 4.52. The average Bonchev–Trinajstić information content (AvgIpc) is 3.58. The van der Waals surface area contributed by atoms with E-state index in [0.717, 1.165) is 37.1 Å². The number of rotatable bonds is 6. The summed E-state index contributed by atoms with van der Waals surface area (Å²) in [5.41, 5.74) is 3.02. The van der Waals surface area contributed by atoms with Crippen LogP contribution in [0.15, 0.2) is 59.5 Å². The van der Waals surface area contributed by atoms with Gasteiger partial charge in [-0.2, -0.15) is 4.31 Å². The lowest BCUT2D eigenvalue weighted by molar-refractivity contribution is -0.119. The highest BCUT2D eigenvalue weighted by Gasteiger charge is 2.37. The molecule has 2 aromatic carbocycles. The Balaban J connectivity index is 1.20. The first-order chi connectivity index (χ1) is 15.5. The van der Waals surface area contributed by atoms with Gasteiger partial charge in [-0.05, 0) is 48.6 Å². The van der Waals surface area contributed by atoms with Crippen LogP contribution in [0.4, 0.5) is 5.69 Å². The molecule has 2 heterocycles. The molecule has 2 aliphatic heterocycles. The number of carbonyl (C=O) groups excluding carboxylic acids is 1. The molecule has 5 rings (SSSR count). The van der Waals surface area contributed by atoms with E-state index < -0.39 is 10.0 Å². The molecule has 1 aliphatic carbocycles. The van der Waals surface area contributed by atoms with Crippen LogP contribution in [0.5, 0.6) is 0 Å². The Morgan fingerprint density at radius 2 is 1.72 bits per heavy atom. The van der Waals surface area contributed by atoms with Crippen LogP contribution in [0.3, 0.4) is 0 Å². The molecule has 6 nitrogen and oxygen atoms in total. The van der Waals surface area contributed by atoms with Crippen molar-refractivity contribution < 1.29 is 13.2 Å². The van der Waals surface area contributed by atoms with Crippen molar-refractivity contribution >= 4 is 27.7 Å². The summed E-state index contributed by atoms with van der Waals surface area (Å²) in [5.74, 6) is 0.361. The Kier molecular flexibility index (Phi) is 5.88. The predicted molar refractivity (Wildman–Crippen MR) is 126 cm³/mol. The van der Waals surface area contributed by atoms with Crippen LogP contribution in [0.2, 0.25) is 0 Å². The largest absolute Gasteiger partial charge is 0.312 e. The summed E-state index contributed by atoms with van der Waals surface area (Å²) in [6, 6.07) is 15.4. The van der Waals surface area contributed by atoms with Crippen molar-refractivity contribution in [2.45, 2.75) is 24.2 Å². The van der Waals surface area contributed by atoms with Crippen molar-refractivity contribution in [1.82, 2.24) is 9.21 Å². The lowest BCUT2D eigenvalue weighted by Gasteiger charge is -2.33. The first-order valence-electron chi connectivity index (χ1n) is 11.4. The third-order valence-electron chi connectivity index (χ3n) is 6.58. The third kappa shape index (κ3) is 4.37. The van der Waals surface area contributed by atoms with Crippen LogP contribution in [-0.4, -0.2) is 62.8 Å². The van der Waals surface area contributed by atoms with Gasteiger partial charge in [-0.3, -0.25) is 9.69 Å². The van der Waals surface area contributed by atoms with E-state index in [2.05, 4.69) is 29.2 Å². The zero-order chi connectivity index (χ0) is 22.1. The first-order valence-corrected chi connectivity index (χ1v) is 12.8. The molecule has 2 fully saturated rings. The van der Waals surface area contributed by atoms with Crippen molar-refractivity contribution in [3.63, 3.8) is 0 Å². The summed E-state index contributed by atoms with van der Waals surface area (Å²) in [6.45, 7) is 3.88. The fraction of sp³-hybridized carbons (Fsp3) is 0.400. The monoisotopic (exact) mass is 451 g/mol. The number of piperazine rings is 1. The number of amides is 1. The average molecular weight is 452 g/mol. The summed E-state index contributed by atoms with van der Waals surface area (Å²) in [7, 11) is -3.53. The van der Waals surface area contributed by atoms with E-state index in [0.29, 0.717) is 37.6 Å². The zero-order valence-electron chi connectivity index (χ0n) is 18.2. The number of fused-ring (bicyclic) bond motifs is 1. The summed E-state index contributed by atoms with van der Waals surface area (Å²) >= 11 is 0. The smallest absolute Gasteiger partial charge is 0.243 e. The molecule has 0 aromatic heterocycles. The molecule has 7 heteroatoms. The second-order valence-corrected chi connectivity index (χ2v) is 10.8. The molecule has 32 heavy (non-hydrogen) atoms. The maximum atomic E-state index is 13.2. The number of hydrogen-bond donors (Lipinski definition) is 0. The number of carbonyl (C=O) groups is 1.